The molecule has 0 heterocycles. The molecular weight excluding hydrogens is 186 g/mol. The fourth-order valence-electron chi connectivity index (χ4n) is 3.92. The predicted molar refractivity (Wildman–Crippen MR) is 62.5 cm³/mol. The Kier molecular flexibility index (Phi) is 3.09. The summed E-state index contributed by atoms with van der Waals surface area (Å²) in [5.74, 6) is 0.674. The van der Waals surface area contributed by atoms with Crippen LogP contribution in [-0.2, 0) is 0 Å². The lowest BCUT2D eigenvalue weighted by atomic mass is 9.62. The summed E-state index contributed by atoms with van der Waals surface area (Å²) in [4.78, 5) is 0. The highest BCUT2D eigenvalue weighted by Crippen LogP contribution is 2.52. The van der Waals surface area contributed by atoms with Gasteiger partial charge in [-0.1, -0.05) is 32.6 Å². The van der Waals surface area contributed by atoms with Crippen molar-refractivity contribution in [2.45, 2.75) is 63.9 Å². The summed E-state index contributed by atoms with van der Waals surface area (Å²) in [5, 5.41) is 10.9. The Morgan fingerprint density at radius 1 is 1.20 bits per heavy atom. The molecule has 2 rings (SSSR count). The first kappa shape index (κ1) is 11.4. The fraction of sp³-hybridized carbons (Fsp3) is 1.00. The molecule has 2 atom stereocenters. The molecule has 0 amide bonds. The van der Waals surface area contributed by atoms with E-state index in [0.717, 1.165) is 25.7 Å². The van der Waals surface area contributed by atoms with E-state index in [2.05, 4.69) is 6.92 Å². The molecule has 0 bridgehead atoms. The van der Waals surface area contributed by atoms with Gasteiger partial charge in [0.1, 0.15) is 0 Å². The van der Waals surface area contributed by atoms with Crippen molar-refractivity contribution < 1.29 is 5.11 Å². The highest BCUT2D eigenvalue weighted by Gasteiger charge is 2.51. The molecule has 0 aromatic rings. The third-order valence-electron chi connectivity index (χ3n) is 4.91. The lowest BCUT2D eigenvalue weighted by Gasteiger charge is -2.48. The first-order valence-corrected chi connectivity index (χ1v) is 6.54. The summed E-state index contributed by atoms with van der Waals surface area (Å²) in [7, 11) is 0. The van der Waals surface area contributed by atoms with Gasteiger partial charge in [-0.05, 0) is 31.6 Å². The van der Waals surface area contributed by atoms with E-state index in [1.807, 2.05) is 0 Å². The Morgan fingerprint density at radius 3 is 2.40 bits per heavy atom. The van der Waals surface area contributed by atoms with E-state index in [9.17, 15) is 5.11 Å². The van der Waals surface area contributed by atoms with Gasteiger partial charge >= 0.3 is 0 Å². The number of hydrogen-bond donors (Lipinski definition) is 2. The van der Waals surface area contributed by atoms with Gasteiger partial charge in [0.05, 0.1) is 5.60 Å². The Morgan fingerprint density at radius 2 is 1.87 bits per heavy atom. The molecule has 2 saturated carbocycles. The van der Waals surface area contributed by atoms with E-state index >= 15 is 0 Å². The van der Waals surface area contributed by atoms with E-state index in [1.165, 1.54) is 25.7 Å². The van der Waals surface area contributed by atoms with E-state index in [0.29, 0.717) is 12.5 Å². The van der Waals surface area contributed by atoms with Crippen molar-refractivity contribution in [1.82, 2.24) is 0 Å². The van der Waals surface area contributed by atoms with Crippen LogP contribution in [0.15, 0.2) is 0 Å². The van der Waals surface area contributed by atoms with Crippen LogP contribution >= 0.6 is 0 Å². The van der Waals surface area contributed by atoms with Crippen molar-refractivity contribution in [1.29, 1.82) is 0 Å². The van der Waals surface area contributed by atoms with Crippen molar-refractivity contribution in [2.24, 2.45) is 17.1 Å². The van der Waals surface area contributed by atoms with Crippen LogP contribution < -0.4 is 5.73 Å². The van der Waals surface area contributed by atoms with Gasteiger partial charge in [-0.3, -0.25) is 0 Å². The second-order valence-corrected chi connectivity index (χ2v) is 5.92. The van der Waals surface area contributed by atoms with Crippen LogP contribution in [0.4, 0.5) is 0 Å². The van der Waals surface area contributed by atoms with Crippen LogP contribution in [0.1, 0.15) is 58.3 Å². The van der Waals surface area contributed by atoms with Gasteiger partial charge in [-0.2, -0.15) is 0 Å². The maximum Gasteiger partial charge on any atom is 0.0718 e. The first-order chi connectivity index (χ1) is 7.12. The smallest absolute Gasteiger partial charge is 0.0718 e. The third-order valence-corrected chi connectivity index (χ3v) is 4.91. The fourth-order valence-corrected chi connectivity index (χ4v) is 3.92. The zero-order valence-corrected chi connectivity index (χ0v) is 9.97. The van der Waals surface area contributed by atoms with Crippen LogP contribution in [0.2, 0.25) is 0 Å². The molecule has 2 nitrogen and oxygen atoms in total. The number of rotatable bonds is 2. The number of nitrogens with two attached hydrogens (primary N) is 1. The minimum Gasteiger partial charge on any atom is -0.389 e. The normalized spacial score (nSPS) is 40.6. The summed E-state index contributed by atoms with van der Waals surface area (Å²) in [6, 6.07) is 0. The highest BCUT2D eigenvalue weighted by atomic mass is 16.3. The van der Waals surface area contributed by atoms with E-state index in [4.69, 9.17) is 5.73 Å². The minimum atomic E-state index is -0.448. The van der Waals surface area contributed by atoms with Crippen LogP contribution in [0.3, 0.4) is 0 Å². The summed E-state index contributed by atoms with van der Waals surface area (Å²) < 4.78 is 0. The van der Waals surface area contributed by atoms with Crippen LogP contribution in [0, 0.1) is 11.3 Å². The highest BCUT2D eigenvalue weighted by molar-refractivity contribution is 5.04. The van der Waals surface area contributed by atoms with Gasteiger partial charge in [0, 0.05) is 12.0 Å². The molecular formula is C13H25NO. The van der Waals surface area contributed by atoms with Gasteiger partial charge in [0.25, 0.3) is 0 Å². The van der Waals surface area contributed by atoms with Crippen molar-refractivity contribution in [2.75, 3.05) is 6.54 Å². The average Bonchev–Trinajstić information content (AvgIpc) is 2.67. The van der Waals surface area contributed by atoms with Crippen molar-refractivity contribution >= 4 is 0 Å². The first-order valence-electron chi connectivity index (χ1n) is 6.54. The molecule has 15 heavy (non-hydrogen) atoms. The van der Waals surface area contributed by atoms with Crippen LogP contribution in [-0.4, -0.2) is 17.3 Å². The average molecular weight is 211 g/mol. The molecule has 88 valence electrons. The topological polar surface area (TPSA) is 46.2 Å². The molecule has 0 spiro atoms. The standard InChI is InChI=1S/C13H25NO/c1-11-5-4-8-13(15,9-11)12(10-14)6-2-3-7-12/h11,15H,2-10,14H2,1H3. The maximum absolute atomic E-state index is 10.9. The van der Waals surface area contributed by atoms with Crippen molar-refractivity contribution in [3.63, 3.8) is 0 Å². The van der Waals surface area contributed by atoms with E-state index in [-0.39, 0.29) is 5.41 Å². The van der Waals surface area contributed by atoms with Gasteiger partial charge in [0.2, 0.25) is 0 Å². The maximum atomic E-state index is 10.9. The molecule has 2 aliphatic rings. The van der Waals surface area contributed by atoms with E-state index in [1.54, 1.807) is 0 Å². The van der Waals surface area contributed by atoms with E-state index < -0.39 is 5.60 Å². The quantitative estimate of drug-likeness (QED) is 0.737. The number of aliphatic hydroxyl groups is 1. The summed E-state index contributed by atoms with van der Waals surface area (Å²) >= 11 is 0. The third kappa shape index (κ3) is 1.83. The Bertz CT molecular complexity index is 223. The lowest BCUT2D eigenvalue weighted by Crippen LogP contribution is -2.53. The second kappa shape index (κ2) is 4.06. The molecule has 2 aliphatic carbocycles. The largest absolute Gasteiger partial charge is 0.389 e. The second-order valence-electron chi connectivity index (χ2n) is 5.92. The molecule has 0 saturated heterocycles. The van der Waals surface area contributed by atoms with Gasteiger partial charge in [-0.25, -0.2) is 0 Å². The minimum absolute atomic E-state index is 0.0572. The Hall–Kier alpha value is -0.0800. The lowest BCUT2D eigenvalue weighted by molar-refractivity contribution is -0.114. The van der Waals surface area contributed by atoms with Crippen LogP contribution in [0.5, 0.6) is 0 Å². The molecule has 2 unspecified atom stereocenters. The monoisotopic (exact) mass is 211 g/mol. The summed E-state index contributed by atoms with van der Waals surface area (Å²) in [6.07, 6.45) is 9.22. The molecule has 0 aromatic heterocycles. The molecule has 0 aromatic carbocycles. The summed E-state index contributed by atoms with van der Waals surface area (Å²) in [5.41, 5.74) is 5.58. The van der Waals surface area contributed by atoms with Crippen molar-refractivity contribution in [3.8, 4) is 0 Å². The molecule has 0 aliphatic heterocycles. The Balaban J connectivity index is 2.17. The van der Waals surface area contributed by atoms with Crippen molar-refractivity contribution in [3.05, 3.63) is 0 Å². The SMILES string of the molecule is CC1CCCC(O)(C2(CN)CCCC2)C1. The van der Waals surface area contributed by atoms with Crippen LogP contribution in [0.25, 0.3) is 0 Å². The van der Waals surface area contributed by atoms with Gasteiger partial charge in [-0.15, -0.1) is 0 Å². The predicted octanol–water partition coefficient (Wildman–Crippen LogP) is 2.45. The summed E-state index contributed by atoms with van der Waals surface area (Å²) in [6.45, 7) is 2.94. The molecule has 2 heteroatoms. The zero-order valence-electron chi connectivity index (χ0n) is 9.97. The molecule has 3 N–H and O–H groups in total. The molecule has 2 fully saturated rings. The zero-order chi connectivity index (χ0) is 10.9. The Labute approximate surface area is 93.2 Å². The van der Waals surface area contributed by atoms with Gasteiger partial charge < -0.3 is 10.8 Å². The molecule has 0 radical (unpaired) electrons. The van der Waals surface area contributed by atoms with Gasteiger partial charge in [0.15, 0.2) is 0 Å². The number of hydrogen-bond acceptors (Lipinski definition) is 2.